The first-order chi connectivity index (χ1) is 10.3. The van der Waals surface area contributed by atoms with Crippen molar-refractivity contribution in [1.82, 2.24) is 0 Å². The molecule has 0 aliphatic rings. The van der Waals surface area contributed by atoms with Gasteiger partial charge in [-0.15, -0.1) is 0 Å². The SMILES string of the molecule is COc1c(-c2ccc(C(F)(F)F)cc2)ccc(C(C)C)c1O. The largest absolute Gasteiger partial charge is 0.504 e. The molecule has 22 heavy (non-hydrogen) atoms. The van der Waals surface area contributed by atoms with Crippen LogP contribution in [0.15, 0.2) is 36.4 Å². The number of benzene rings is 2. The predicted octanol–water partition coefficient (Wildman–Crippen LogP) is 5.21. The third-order valence-electron chi connectivity index (χ3n) is 3.51. The van der Waals surface area contributed by atoms with Crippen molar-refractivity contribution in [2.75, 3.05) is 7.11 Å². The van der Waals surface area contributed by atoms with Crippen LogP contribution in [-0.2, 0) is 6.18 Å². The van der Waals surface area contributed by atoms with Gasteiger partial charge in [-0.05, 0) is 23.6 Å². The number of hydrogen-bond donors (Lipinski definition) is 1. The van der Waals surface area contributed by atoms with Crippen LogP contribution in [0.2, 0.25) is 0 Å². The third-order valence-corrected chi connectivity index (χ3v) is 3.51. The summed E-state index contributed by atoms with van der Waals surface area (Å²) in [5.41, 5.74) is 1.12. The van der Waals surface area contributed by atoms with Crippen LogP contribution in [0.1, 0.15) is 30.9 Å². The van der Waals surface area contributed by atoms with E-state index in [9.17, 15) is 18.3 Å². The number of aromatic hydroxyl groups is 1. The van der Waals surface area contributed by atoms with Crippen LogP contribution < -0.4 is 4.74 Å². The van der Waals surface area contributed by atoms with Crippen molar-refractivity contribution in [3.8, 4) is 22.6 Å². The van der Waals surface area contributed by atoms with E-state index in [2.05, 4.69) is 0 Å². The zero-order valence-electron chi connectivity index (χ0n) is 12.5. The summed E-state index contributed by atoms with van der Waals surface area (Å²) < 4.78 is 43.1. The number of ether oxygens (including phenoxy) is 1. The first-order valence-corrected chi connectivity index (χ1v) is 6.83. The van der Waals surface area contributed by atoms with Gasteiger partial charge >= 0.3 is 6.18 Å². The van der Waals surface area contributed by atoms with Crippen molar-refractivity contribution in [2.24, 2.45) is 0 Å². The molecular weight excluding hydrogens is 293 g/mol. The number of halogens is 3. The van der Waals surface area contributed by atoms with Crippen LogP contribution in [-0.4, -0.2) is 12.2 Å². The van der Waals surface area contributed by atoms with Crippen LogP contribution in [0.5, 0.6) is 11.5 Å². The van der Waals surface area contributed by atoms with Crippen LogP contribution >= 0.6 is 0 Å². The van der Waals surface area contributed by atoms with Crippen molar-refractivity contribution in [2.45, 2.75) is 25.9 Å². The molecule has 0 fully saturated rings. The summed E-state index contributed by atoms with van der Waals surface area (Å²) in [6.07, 6.45) is -4.37. The molecule has 5 heteroatoms. The number of phenols is 1. The molecule has 2 aromatic rings. The van der Waals surface area contributed by atoms with Crippen molar-refractivity contribution >= 4 is 0 Å². The maximum absolute atomic E-state index is 12.6. The molecule has 0 spiro atoms. The molecule has 0 saturated carbocycles. The molecule has 0 saturated heterocycles. The minimum Gasteiger partial charge on any atom is -0.504 e. The van der Waals surface area contributed by atoms with Crippen LogP contribution in [0.25, 0.3) is 11.1 Å². The van der Waals surface area contributed by atoms with E-state index in [4.69, 9.17) is 4.74 Å². The van der Waals surface area contributed by atoms with E-state index in [1.165, 1.54) is 19.2 Å². The Morgan fingerprint density at radius 3 is 2.05 bits per heavy atom. The molecule has 0 radical (unpaired) electrons. The zero-order valence-corrected chi connectivity index (χ0v) is 12.5. The summed E-state index contributed by atoms with van der Waals surface area (Å²) in [6, 6.07) is 8.28. The van der Waals surface area contributed by atoms with Crippen molar-refractivity contribution in [3.05, 3.63) is 47.5 Å². The fourth-order valence-corrected chi connectivity index (χ4v) is 2.32. The number of methoxy groups -OCH3 is 1. The Balaban J connectivity index is 2.51. The Bertz CT molecular complexity index is 659. The fourth-order valence-electron chi connectivity index (χ4n) is 2.32. The summed E-state index contributed by atoms with van der Waals surface area (Å²) in [6.45, 7) is 3.87. The highest BCUT2D eigenvalue weighted by atomic mass is 19.4. The Labute approximate surface area is 127 Å². The first-order valence-electron chi connectivity index (χ1n) is 6.83. The molecule has 1 N–H and O–H groups in total. The summed E-state index contributed by atoms with van der Waals surface area (Å²) in [7, 11) is 1.42. The van der Waals surface area contributed by atoms with Gasteiger partial charge in [0.1, 0.15) is 0 Å². The van der Waals surface area contributed by atoms with Gasteiger partial charge in [0.05, 0.1) is 12.7 Å². The van der Waals surface area contributed by atoms with Gasteiger partial charge in [-0.2, -0.15) is 13.2 Å². The van der Waals surface area contributed by atoms with Gasteiger partial charge < -0.3 is 9.84 Å². The highest BCUT2D eigenvalue weighted by molar-refractivity contribution is 5.75. The summed E-state index contributed by atoms with van der Waals surface area (Å²) >= 11 is 0. The molecule has 118 valence electrons. The molecular formula is C17H17F3O2. The van der Waals surface area contributed by atoms with E-state index in [0.717, 1.165) is 17.7 Å². The smallest absolute Gasteiger partial charge is 0.416 e. The molecule has 0 bridgehead atoms. The maximum Gasteiger partial charge on any atom is 0.416 e. The third kappa shape index (κ3) is 3.03. The number of phenolic OH excluding ortho intramolecular Hbond substituents is 1. The van der Waals surface area contributed by atoms with Crippen molar-refractivity contribution in [1.29, 1.82) is 0 Å². The molecule has 0 heterocycles. The first kappa shape index (κ1) is 16.2. The Hall–Kier alpha value is -2.17. The van der Waals surface area contributed by atoms with Crippen LogP contribution in [0.3, 0.4) is 0 Å². The van der Waals surface area contributed by atoms with Gasteiger partial charge in [0.2, 0.25) is 0 Å². The molecule has 0 aliphatic carbocycles. The Morgan fingerprint density at radius 1 is 1.00 bits per heavy atom. The van der Waals surface area contributed by atoms with E-state index in [1.54, 1.807) is 12.1 Å². The van der Waals surface area contributed by atoms with Gasteiger partial charge in [-0.1, -0.05) is 38.1 Å². The number of alkyl halides is 3. The normalized spacial score (nSPS) is 11.8. The molecule has 0 amide bonds. The molecule has 2 aromatic carbocycles. The molecule has 2 nitrogen and oxygen atoms in total. The predicted molar refractivity (Wildman–Crippen MR) is 79.2 cm³/mol. The van der Waals surface area contributed by atoms with E-state index >= 15 is 0 Å². The van der Waals surface area contributed by atoms with Gasteiger partial charge in [0, 0.05) is 11.1 Å². The summed E-state index contributed by atoms with van der Waals surface area (Å²) in [5.74, 6) is 0.399. The standard InChI is InChI=1S/C17H17F3O2/c1-10(2)13-8-9-14(16(22-3)15(13)21)11-4-6-12(7-5-11)17(18,19)20/h4-10,21H,1-3H3. The highest BCUT2D eigenvalue weighted by Crippen LogP contribution is 2.42. The quantitative estimate of drug-likeness (QED) is 0.843. The summed E-state index contributed by atoms with van der Waals surface area (Å²) in [4.78, 5) is 0. The monoisotopic (exact) mass is 310 g/mol. The van der Waals surface area contributed by atoms with E-state index < -0.39 is 11.7 Å². The van der Waals surface area contributed by atoms with Gasteiger partial charge in [-0.3, -0.25) is 0 Å². The average molecular weight is 310 g/mol. The fraction of sp³-hybridized carbons (Fsp3) is 0.294. The van der Waals surface area contributed by atoms with Crippen LogP contribution in [0.4, 0.5) is 13.2 Å². The van der Waals surface area contributed by atoms with E-state index in [0.29, 0.717) is 11.1 Å². The Kier molecular flexibility index (Phi) is 4.35. The van der Waals surface area contributed by atoms with Crippen molar-refractivity contribution in [3.63, 3.8) is 0 Å². The minimum absolute atomic E-state index is 0.0231. The second-order valence-corrected chi connectivity index (χ2v) is 5.31. The topological polar surface area (TPSA) is 29.5 Å². The lowest BCUT2D eigenvalue weighted by Crippen LogP contribution is -2.04. The average Bonchev–Trinajstić information content (AvgIpc) is 2.45. The van der Waals surface area contributed by atoms with E-state index in [-0.39, 0.29) is 17.4 Å². The maximum atomic E-state index is 12.6. The highest BCUT2D eigenvalue weighted by Gasteiger charge is 2.30. The molecule has 2 rings (SSSR count). The lowest BCUT2D eigenvalue weighted by molar-refractivity contribution is -0.137. The molecule has 0 unspecified atom stereocenters. The lowest BCUT2D eigenvalue weighted by Gasteiger charge is -2.16. The second kappa shape index (κ2) is 5.91. The van der Waals surface area contributed by atoms with E-state index in [1.807, 2.05) is 13.8 Å². The second-order valence-electron chi connectivity index (χ2n) is 5.31. The number of hydrogen-bond acceptors (Lipinski definition) is 2. The molecule has 0 atom stereocenters. The zero-order chi connectivity index (χ0) is 16.5. The van der Waals surface area contributed by atoms with Crippen LogP contribution in [0, 0.1) is 0 Å². The van der Waals surface area contributed by atoms with Gasteiger partial charge in [0.15, 0.2) is 11.5 Å². The Morgan fingerprint density at radius 2 is 1.59 bits per heavy atom. The molecule has 0 aromatic heterocycles. The minimum atomic E-state index is -4.37. The van der Waals surface area contributed by atoms with Gasteiger partial charge in [0.25, 0.3) is 0 Å². The number of rotatable bonds is 3. The van der Waals surface area contributed by atoms with Gasteiger partial charge in [-0.25, -0.2) is 0 Å². The molecule has 0 aliphatic heterocycles. The summed E-state index contributed by atoms with van der Waals surface area (Å²) in [5, 5.41) is 10.3. The van der Waals surface area contributed by atoms with Crippen molar-refractivity contribution < 1.29 is 23.0 Å². The lowest BCUT2D eigenvalue weighted by atomic mass is 9.96.